The highest BCUT2D eigenvalue weighted by atomic mass is 15.4. The molecule has 0 bridgehead atoms. The monoisotopic (exact) mass is 236 g/mol. The molecule has 0 atom stereocenters. The number of rotatable bonds is 4. The smallest absolute Gasteiger partial charge is 0.0997 e. The third-order valence-electron chi connectivity index (χ3n) is 3.85. The Labute approximate surface area is 104 Å². The summed E-state index contributed by atoms with van der Waals surface area (Å²) < 4.78 is 2.14. The Hall–Kier alpha value is -0.900. The largest absolute Gasteiger partial charge is 0.311 e. The van der Waals surface area contributed by atoms with E-state index in [-0.39, 0.29) is 0 Å². The van der Waals surface area contributed by atoms with Gasteiger partial charge in [0.05, 0.1) is 11.4 Å². The fourth-order valence-electron chi connectivity index (χ4n) is 2.73. The highest BCUT2D eigenvalue weighted by Crippen LogP contribution is 2.23. The van der Waals surface area contributed by atoms with Crippen molar-refractivity contribution < 1.29 is 0 Å². The van der Waals surface area contributed by atoms with Gasteiger partial charge in [-0.05, 0) is 17.8 Å². The zero-order valence-corrected chi connectivity index (χ0v) is 11.4. The lowest BCUT2D eigenvalue weighted by Gasteiger charge is -2.25. The molecule has 0 amide bonds. The lowest BCUT2D eigenvalue weighted by atomic mass is 9.85. The van der Waals surface area contributed by atoms with Crippen molar-refractivity contribution in [3.63, 3.8) is 0 Å². The van der Waals surface area contributed by atoms with Crippen LogP contribution in [0.1, 0.15) is 39.1 Å². The van der Waals surface area contributed by atoms with E-state index in [2.05, 4.69) is 48.0 Å². The molecule has 1 aliphatic heterocycles. The molecule has 4 heteroatoms. The summed E-state index contributed by atoms with van der Waals surface area (Å²) in [5.74, 6) is 2.06. The summed E-state index contributed by atoms with van der Waals surface area (Å²) in [6.07, 6.45) is 1.06. The van der Waals surface area contributed by atoms with Crippen LogP contribution in [0.5, 0.6) is 0 Å². The third-order valence-corrected chi connectivity index (χ3v) is 3.85. The first kappa shape index (κ1) is 12.6. The van der Waals surface area contributed by atoms with Gasteiger partial charge in [0.1, 0.15) is 0 Å². The summed E-state index contributed by atoms with van der Waals surface area (Å²) in [5, 5.41) is 11.9. The summed E-state index contributed by atoms with van der Waals surface area (Å²) in [4.78, 5) is 0. The highest BCUT2D eigenvalue weighted by molar-refractivity contribution is 5.13. The molecule has 0 saturated carbocycles. The zero-order chi connectivity index (χ0) is 12.4. The van der Waals surface area contributed by atoms with E-state index in [1.807, 2.05) is 0 Å². The van der Waals surface area contributed by atoms with Crippen molar-refractivity contribution in [1.29, 1.82) is 0 Å². The van der Waals surface area contributed by atoms with Crippen LogP contribution < -0.4 is 5.32 Å². The lowest BCUT2D eigenvalue weighted by Crippen LogP contribution is -2.28. The van der Waals surface area contributed by atoms with Gasteiger partial charge in [-0.3, -0.25) is 0 Å². The highest BCUT2D eigenvalue weighted by Gasteiger charge is 2.22. The predicted molar refractivity (Wildman–Crippen MR) is 68.6 cm³/mol. The maximum absolute atomic E-state index is 4.33. The number of aromatic nitrogens is 3. The molecule has 96 valence electrons. The molecule has 2 rings (SSSR count). The Balaban J connectivity index is 2.14. The van der Waals surface area contributed by atoms with Gasteiger partial charge in [0, 0.05) is 26.1 Å². The molecule has 17 heavy (non-hydrogen) atoms. The molecule has 0 radical (unpaired) electrons. The molecule has 1 aromatic rings. The van der Waals surface area contributed by atoms with Crippen molar-refractivity contribution in [3.8, 4) is 0 Å². The summed E-state index contributed by atoms with van der Waals surface area (Å²) in [6, 6.07) is 0. The van der Waals surface area contributed by atoms with E-state index >= 15 is 0 Å². The van der Waals surface area contributed by atoms with Crippen molar-refractivity contribution in [2.75, 3.05) is 6.54 Å². The Bertz CT molecular complexity index is 359. The van der Waals surface area contributed by atoms with Crippen LogP contribution in [0, 0.1) is 17.8 Å². The Morgan fingerprint density at radius 1 is 1.24 bits per heavy atom. The molecule has 1 aliphatic rings. The van der Waals surface area contributed by atoms with Gasteiger partial charge in [0.25, 0.3) is 0 Å². The summed E-state index contributed by atoms with van der Waals surface area (Å²) in [6.45, 7) is 12.1. The van der Waals surface area contributed by atoms with Crippen LogP contribution in [0.25, 0.3) is 0 Å². The second kappa shape index (κ2) is 5.17. The van der Waals surface area contributed by atoms with E-state index < -0.39 is 0 Å². The van der Waals surface area contributed by atoms with Crippen molar-refractivity contribution in [3.05, 3.63) is 11.4 Å². The van der Waals surface area contributed by atoms with Gasteiger partial charge in [-0.15, -0.1) is 5.10 Å². The van der Waals surface area contributed by atoms with E-state index in [9.17, 15) is 0 Å². The van der Waals surface area contributed by atoms with Gasteiger partial charge < -0.3 is 5.32 Å². The minimum atomic E-state index is 0.677. The van der Waals surface area contributed by atoms with Gasteiger partial charge in [0.2, 0.25) is 0 Å². The van der Waals surface area contributed by atoms with Crippen molar-refractivity contribution >= 4 is 0 Å². The minimum Gasteiger partial charge on any atom is -0.311 e. The average Bonchev–Trinajstić information content (AvgIpc) is 2.68. The van der Waals surface area contributed by atoms with Crippen molar-refractivity contribution in [2.45, 2.75) is 47.2 Å². The third kappa shape index (κ3) is 2.68. The van der Waals surface area contributed by atoms with Crippen LogP contribution in [0.3, 0.4) is 0 Å². The second-order valence-electron chi connectivity index (χ2n) is 5.74. The quantitative estimate of drug-likeness (QED) is 0.867. The summed E-state index contributed by atoms with van der Waals surface area (Å²) in [5.41, 5.74) is 2.48. The van der Waals surface area contributed by atoms with Crippen LogP contribution in [0.2, 0.25) is 0 Å². The first-order chi connectivity index (χ1) is 8.09. The second-order valence-corrected chi connectivity index (χ2v) is 5.74. The molecule has 4 nitrogen and oxygen atoms in total. The van der Waals surface area contributed by atoms with Gasteiger partial charge in [0.15, 0.2) is 0 Å². The van der Waals surface area contributed by atoms with Gasteiger partial charge in [-0.25, -0.2) is 4.68 Å². The molecule has 1 aromatic heterocycles. The standard InChI is InChI=1S/C13H24N4/c1-9(2)11(10(3)4)8-17-13-5-6-14-7-12(13)15-16-17/h9-11,14H,5-8H2,1-4H3. The van der Waals surface area contributed by atoms with E-state index in [0.29, 0.717) is 17.8 Å². The van der Waals surface area contributed by atoms with Gasteiger partial charge in [-0.2, -0.15) is 0 Å². The molecule has 1 N–H and O–H groups in total. The molecule has 2 heterocycles. The number of hydrogen-bond donors (Lipinski definition) is 1. The number of nitrogens with zero attached hydrogens (tertiary/aromatic N) is 3. The first-order valence-electron chi connectivity index (χ1n) is 6.71. The molecular formula is C13H24N4. The van der Waals surface area contributed by atoms with Crippen LogP contribution in [-0.2, 0) is 19.5 Å². The Kier molecular flexibility index (Phi) is 3.82. The van der Waals surface area contributed by atoms with Crippen LogP contribution >= 0.6 is 0 Å². The van der Waals surface area contributed by atoms with Crippen LogP contribution in [-0.4, -0.2) is 21.5 Å². The fraction of sp³-hybridized carbons (Fsp3) is 0.846. The topological polar surface area (TPSA) is 42.7 Å². The predicted octanol–water partition coefficient (Wildman–Crippen LogP) is 1.85. The molecule has 0 spiro atoms. The molecular weight excluding hydrogens is 212 g/mol. The van der Waals surface area contributed by atoms with Crippen molar-refractivity contribution in [2.24, 2.45) is 17.8 Å². The van der Waals surface area contributed by atoms with E-state index in [4.69, 9.17) is 0 Å². The normalized spacial score (nSPS) is 15.9. The molecule has 0 unspecified atom stereocenters. The van der Waals surface area contributed by atoms with Gasteiger partial charge in [-0.1, -0.05) is 32.9 Å². The summed E-state index contributed by atoms with van der Waals surface area (Å²) >= 11 is 0. The Morgan fingerprint density at radius 2 is 1.94 bits per heavy atom. The lowest BCUT2D eigenvalue weighted by molar-refractivity contribution is 0.238. The number of nitrogens with one attached hydrogen (secondary N) is 1. The first-order valence-corrected chi connectivity index (χ1v) is 6.71. The van der Waals surface area contributed by atoms with Crippen molar-refractivity contribution in [1.82, 2.24) is 20.3 Å². The summed E-state index contributed by atoms with van der Waals surface area (Å²) in [7, 11) is 0. The Morgan fingerprint density at radius 3 is 2.59 bits per heavy atom. The maximum atomic E-state index is 4.33. The van der Waals surface area contributed by atoms with Gasteiger partial charge >= 0.3 is 0 Å². The molecule has 0 fully saturated rings. The van der Waals surface area contributed by atoms with Crippen LogP contribution in [0.4, 0.5) is 0 Å². The molecule has 0 aromatic carbocycles. The molecule has 0 saturated heterocycles. The molecule has 0 aliphatic carbocycles. The average molecular weight is 236 g/mol. The van der Waals surface area contributed by atoms with E-state index in [1.165, 1.54) is 5.69 Å². The van der Waals surface area contributed by atoms with Crippen LogP contribution in [0.15, 0.2) is 0 Å². The van der Waals surface area contributed by atoms with E-state index in [0.717, 1.165) is 31.7 Å². The van der Waals surface area contributed by atoms with E-state index in [1.54, 1.807) is 0 Å². The SMILES string of the molecule is CC(C)C(Cn1nnc2c1CCNC2)C(C)C. The number of hydrogen-bond acceptors (Lipinski definition) is 3. The number of fused-ring (bicyclic) bond motifs is 1. The fourth-order valence-corrected chi connectivity index (χ4v) is 2.73. The maximum Gasteiger partial charge on any atom is 0.0997 e. The zero-order valence-electron chi connectivity index (χ0n) is 11.4. The minimum absolute atomic E-state index is 0.677.